The molecule has 1 aromatic rings. The zero-order valence-corrected chi connectivity index (χ0v) is 13.4. The predicted octanol–water partition coefficient (Wildman–Crippen LogP) is 0.898. The fourth-order valence-electron chi connectivity index (χ4n) is 2.91. The van der Waals surface area contributed by atoms with Gasteiger partial charge in [-0.2, -0.15) is 5.10 Å². The van der Waals surface area contributed by atoms with Gasteiger partial charge in [-0.1, -0.05) is 6.92 Å². The molecule has 1 atom stereocenters. The number of aromatic amines is 1. The molecule has 0 radical (unpaired) electrons. The van der Waals surface area contributed by atoms with Crippen molar-refractivity contribution < 1.29 is 4.79 Å². The molecule has 21 heavy (non-hydrogen) atoms. The van der Waals surface area contributed by atoms with Gasteiger partial charge in [-0.05, 0) is 46.1 Å². The van der Waals surface area contributed by atoms with E-state index in [-0.39, 0.29) is 5.91 Å². The van der Waals surface area contributed by atoms with E-state index in [1.54, 1.807) is 12.3 Å². The third-order valence-electron chi connectivity index (χ3n) is 4.17. The lowest BCUT2D eigenvalue weighted by atomic mass is 10.2. The van der Waals surface area contributed by atoms with Gasteiger partial charge in [0.05, 0.1) is 0 Å². The number of carbonyl (C=O) groups excluding carboxylic acids is 1. The molecule has 1 fully saturated rings. The van der Waals surface area contributed by atoms with Crippen LogP contribution in [0.5, 0.6) is 0 Å². The standard InChI is InChI=1S/C15H27N5O/c1-4-19-9-5-6-13(19)12-20(11-10-18(2)3)15(21)14-7-8-16-17-14/h7-8,13H,4-6,9-12H2,1-3H3,(H,16,17). The van der Waals surface area contributed by atoms with Crippen LogP contribution in [0.15, 0.2) is 12.3 Å². The highest BCUT2D eigenvalue weighted by atomic mass is 16.2. The summed E-state index contributed by atoms with van der Waals surface area (Å²) >= 11 is 0. The molecule has 0 aromatic carbocycles. The molecule has 1 aliphatic heterocycles. The van der Waals surface area contributed by atoms with Crippen molar-refractivity contribution in [3.8, 4) is 0 Å². The lowest BCUT2D eigenvalue weighted by Crippen LogP contribution is -2.45. The summed E-state index contributed by atoms with van der Waals surface area (Å²) in [4.78, 5) is 19.2. The number of amides is 1. The molecule has 1 aliphatic rings. The van der Waals surface area contributed by atoms with E-state index in [2.05, 4.69) is 26.9 Å². The van der Waals surface area contributed by atoms with Crippen molar-refractivity contribution in [1.29, 1.82) is 0 Å². The number of rotatable bonds is 7. The van der Waals surface area contributed by atoms with Gasteiger partial charge in [-0.25, -0.2) is 0 Å². The van der Waals surface area contributed by atoms with Crippen molar-refractivity contribution in [2.45, 2.75) is 25.8 Å². The maximum absolute atomic E-state index is 12.6. The molecule has 2 rings (SSSR count). The second kappa shape index (κ2) is 7.56. The summed E-state index contributed by atoms with van der Waals surface area (Å²) in [5, 5.41) is 6.68. The Labute approximate surface area is 127 Å². The Kier molecular flexibility index (Phi) is 5.76. The van der Waals surface area contributed by atoms with Crippen molar-refractivity contribution in [2.24, 2.45) is 0 Å². The van der Waals surface area contributed by atoms with Gasteiger partial charge in [-0.15, -0.1) is 0 Å². The Hall–Kier alpha value is -1.40. The van der Waals surface area contributed by atoms with Crippen LogP contribution in [0, 0.1) is 0 Å². The molecule has 2 heterocycles. The van der Waals surface area contributed by atoms with Gasteiger partial charge in [0.1, 0.15) is 5.69 Å². The van der Waals surface area contributed by atoms with E-state index >= 15 is 0 Å². The third-order valence-corrected chi connectivity index (χ3v) is 4.17. The minimum Gasteiger partial charge on any atom is -0.334 e. The van der Waals surface area contributed by atoms with Crippen LogP contribution in [0.3, 0.4) is 0 Å². The number of hydrogen-bond donors (Lipinski definition) is 1. The molecule has 6 heteroatoms. The van der Waals surface area contributed by atoms with E-state index < -0.39 is 0 Å². The van der Waals surface area contributed by atoms with Crippen LogP contribution in [-0.2, 0) is 0 Å². The summed E-state index contributed by atoms with van der Waals surface area (Å²) in [6, 6.07) is 2.24. The second-order valence-electron chi connectivity index (χ2n) is 5.95. The first-order valence-electron chi connectivity index (χ1n) is 7.79. The van der Waals surface area contributed by atoms with Crippen molar-refractivity contribution in [1.82, 2.24) is 24.9 Å². The number of aromatic nitrogens is 2. The number of nitrogens with zero attached hydrogens (tertiary/aromatic N) is 4. The van der Waals surface area contributed by atoms with E-state index in [1.807, 2.05) is 19.0 Å². The molecule has 1 saturated heterocycles. The summed E-state index contributed by atoms with van der Waals surface area (Å²) in [5.41, 5.74) is 0.579. The molecule has 1 aromatic heterocycles. The van der Waals surface area contributed by atoms with Crippen molar-refractivity contribution in [3.05, 3.63) is 18.0 Å². The van der Waals surface area contributed by atoms with Crippen LogP contribution < -0.4 is 0 Å². The van der Waals surface area contributed by atoms with Gasteiger partial charge in [0.2, 0.25) is 0 Å². The quantitative estimate of drug-likeness (QED) is 0.811. The van der Waals surface area contributed by atoms with Gasteiger partial charge < -0.3 is 9.80 Å². The van der Waals surface area contributed by atoms with Gasteiger partial charge in [-0.3, -0.25) is 14.8 Å². The zero-order chi connectivity index (χ0) is 15.2. The number of likely N-dealkylation sites (tertiary alicyclic amines) is 1. The number of carbonyl (C=O) groups is 1. The number of nitrogens with one attached hydrogen (secondary N) is 1. The smallest absolute Gasteiger partial charge is 0.271 e. The van der Waals surface area contributed by atoms with Gasteiger partial charge in [0.25, 0.3) is 5.91 Å². The summed E-state index contributed by atoms with van der Waals surface area (Å²) in [7, 11) is 4.07. The number of H-pyrrole nitrogens is 1. The van der Waals surface area contributed by atoms with Crippen molar-refractivity contribution in [3.63, 3.8) is 0 Å². The fraction of sp³-hybridized carbons (Fsp3) is 0.733. The van der Waals surface area contributed by atoms with E-state index in [0.29, 0.717) is 11.7 Å². The van der Waals surface area contributed by atoms with Crippen LogP contribution >= 0.6 is 0 Å². The molecule has 1 N–H and O–H groups in total. The maximum atomic E-state index is 12.6. The van der Waals surface area contributed by atoms with Crippen LogP contribution in [-0.4, -0.2) is 83.7 Å². The molecular weight excluding hydrogens is 266 g/mol. The fourth-order valence-corrected chi connectivity index (χ4v) is 2.91. The van der Waals surface area contributed by atoms with Crippen LogP contribution in [0.2, 0.25) is 0 Å². The summed E-state index contributed by atoms with van der Waals surface area (Å²) in [6.07, 6.45) is 4.05. The first-order valence-corrected chi connectivity index (χ1v) is 7.79. The first kappa shape index (κ1) is 16.0. The Bertz CT molecular complexity index is 431. The molecular formula is C15H27N5O. The predicted molar refractivity (Wildman–Crippen MR) is 83.3 cm³/mol. The minimum atomic E-state index is 0.0531. The maximum Gasteiger partial charge on any atom is 0.271 e. The Morgan fingerprint density at radius 2 is 2.29 bits per heavy atom. The molecule has 0 saturated carbocycles. The summed E-state index contributed by atoms with van der Waals surface area (Å²) in [5.74, 6) is 0.0531. The first-order chi connectivity index (χ1) is 10.1. The molecule has 1 amide bonds. The lowest BCUT2D eigenvalue weighted by Gasteiger charge is -2.30. The highest BCUT2D eigenvalue weighted by Crippen LogP contribution is 2.18. The summed E-state index contributed by atoms with van der Waals surface area (Å²) in [6.45, 7) is 6.84. The van der Waals surface area contributed by atoms with E-state index in [4.69, 9.17) is 0 Å². The molecule has 118 valence electrons. The Balaban J connectivity index is 2.02. The summed E-state index contributed by atoms with van der Waals surface area (Å²) < 4.78 is 0. The van der Waals surface area contributed by atoms with Gasteiger partial charge in [0.15, 0.2) is 0 Å². The number of likely N-dealkylation sites (N-methyl/N-ethyl adjacent to an activating group) is 2. The highest BCUT2D eigenvalue weighted by Gasteiger charge is 2.27. The zero-order valence-electron chi connectivity index (χ0n) is 13.4. The third kappa shape index (κ3) is 4.28. The molecule has 6 nitrogen and oxygen atoms in total. The largest absolute Gasteiger partial charge is 0.334 e. The van der Waals surface area contributed by atoms with Crippen LogP contribution in [0.4, 0.5) is 0 Å². The Morgan fingerprint density at radius 1 is 1.48 bits per heavy atom. The average Bonchev–Trinajstić information content (AvgIpc) is 3.13. The van der Waals surface area contributed by atoms with E-state index in [9.17, 15) is 4.79 Å². The Morgan fingerprint density at radius 3 is 2.90 bits per heavy atom. The lowest BCUT2D eigenvalue weighted by molar-refractivity contribution is 0.0688. The minimum absolute atomic E-state index is 0.0531. The molecule has 0 spiro atoms. The monoisotopic (exact) mass is 293 g/mol. The van der Waals surface area contributed by atoms with E-state index in [1.165, 1.54) is 12.8 Å². The second-order valence-corrected chi connectivity index (χ2v) is 5.95. The van der Waals surface area contributed by atoms with Crippen LogP contribution in [0.1, 0.15) is 30.3 Å². The SMILES string of the molecule is CCN1CCCC1CN(CCN(C)C)C(=O)c1ccn[nH]1. The van der Waals surface area contributed by atoms with E-state index in [0.717, 1.165) is 32.7 Å². The average molecular weight is 293 g/mol. The molecule has 0 bridgehead atoms. The highest BCUT2D eigenvalue weighted by molar-refractivity contribution is 5.92. The van der Waals surface area contributed by atoms with Gasteiger partial charge >= 0.3 is 0 Å². The molecule has 1 unspecified atom stereocenters. The van der Waals surface area contributed by atoms with Crippen LogP contribution in [0.25, 0.3) is 0 Å². The van der Waals surface area contributed by atoms with Gasteiger partial charge in [0, 0.05) is 31.9 Å². The van der Waals surface area contributed by atoms with Crippen molar-refractivity contribution >= 4 is 5.91 Å². The normalized spacial score (nSPS) is 19.3. The number of hydrogen-bond acceptors (Lipinski definition) is 4. The molecule has 0 aliphatic carbocycles. The van der Waals surface area contributed by atoms with Crippen molar-refractivity contribution in [2.75, 3.05) is 46.8 Å². The topological polar surface area (TPSA) is 55.5 Å².